The highest BCUT2D eigenvalue weighted by atomic mass is 16.5. The van der Waals surface area contributed by atoms with E-state index in [1.54, 1.807) is 11.9 Å². The molecule has 2 aliphatic heterocycles. The lowest BCUT2D eigenvalue weighted by molar-refractivity contribution is -0.135. The normalized spacial score (nSPS) is 17.3. The predicted octanol–water partition coefficient (Wildman–Crippen LogP) is 4.84. The molecule has 0 N–H and O–H groups in total. The summed E-state index contributed by atoms with van der Waals surface area (Å²) in [5, 5.41) is 6.37. The van der Waals surface area contributed by atoms with Crippen LogP contribution in [0.5, 0.6) is 0 Å². The lowest BCUT2D eigenvalue weighted by atomic mass is 10.0. The number of rotatable bonds is 5. The molecule has 3 aromatic rings. The van der Waals surface area contributed by atoms with Gasteiger partial charge in [-0.2, -0.15) is 5.01 Å². The van der Waals surface area contributed by atoms with Crippen molar-refractivity contribution in [1.29, 1.82) is 0 Å². The van der Waals surface area contributed by atoms with Gasteiger partial charge in [-0.3, -0.25) is 4.90 Å². The van der Waals surface area contributed by atoms with E-state index in [0.717, 1.165) is 22.5 Å². The van der Waals surface area contributed by atoms with E-state index >= 15 is 0 Å². The fraction of sp³-hybridized carbons (Fsp3) is 0.115. The van der Waals surface area contributed by atoms with E-state index in [1.807, 2.05) is 95.9 Å². The maximum absolute atomic E-state index is 12.9. The minimum Gasteiger partial charge on any atom is -0.460 e. The van der Waals surface area contributed by atoms with Crippen molar-refractivity contribution >= 4 is 29.1 Å². The average molecular weight is 422 g/mol. The minimum absolute atomic E-state index is 0.215. The van der Waals surface area contributed by atoms with Crippen molar-refractivity contribution in [2.45, 2.75) is 13.0 Å². The van der Waals surface area contributed by atoms with Gasteiger partial charge >= 0.3 is 5.97 Å². The van der Waals surface area contributed by atoms with Crippen LogP contribution in [0.4, 0.5) is 5.69 Å². The van der Waals surface area contributed by atoms with E-state index in [4.69, 9.17) is 9.73 Å². The summed E-state index contributed by atoms with van der Waals surface area (Å²) >= 11 is 0. The number of hydrazone groups is 1. The molecule has 0 aliphatic carbocycles. The number of carbonyl (C=O) groups excluding carboxylic acids is 1. The Hall–Kier alpha value is -4.19. The number of esters is 1. The van der Waals surface area contributed by atoms with E-state index < -0.39 is 5.97 Å². The number of hydrogen-bond donors (Lipinski definition) is 0. The number of guanidine groups is 1. The smallest absolute Gasteiger partial charge is 0.376 e. The van der Waals surface area contributed by atoms with Crippen LogP contribution >= 0.6 is 0 Å². The Morgan fingerprint density at radius 2 is 1.53 bits per heavy atom. The summed E-state index contributed by atoms with van der Waals surface area (Å²) < 4.78 is 5.34. The second-order valence-corrected chi connectivity index (χ2v) is 7.35. The molecule has 5 rings (SSSR count). The maximum Gasteiger partial charge on any atom is 0.376 e. The Labute approximate surface area is 186 Å². The third kappa shape index (κ3) is 3.56. The highest BCUT2D eigenvalue weighted by molar-refractivity contribution is 6.41. The number of carbonyl (C=O) groups is 1. The number of amidine groups is 1. The summed E-state index contributed by atoms with van der Waals surface area (Å²) in [5.41, 5.74) is 3.67. The van der Waals surface area contributed by atoms with E-state index in [2.05, 4.69) is 11.2 Å². The fourth-order valence-corrected chi connectivity index (χ4v) is 3.85. The zero-order chi connectivity index (χ0) is 21.9. The second-order valence-electron chi connectivity index (χ2n) is 7.35. The van der Waals surface area contributed by atoms with Crippen molar-refractivity contribution in [3.63, 3.8) is 0 Å². The first-order valence-electron chi connectivity index (χ1n) is 10.6. The van der Waals surface area contributed by atoms with E-state index in [9.17, 15) is 4.79 Å². The molecule has 2 heterocycles. The molecule has 6 nitrogen and oxygen atoms in total. The largest absolute Gasteiger partial charge is 0.460 e. The number of fused-ring (bicyclic) bond motifs is 1. The van der Waals surface area contributed by atoms with Crippen molar-refractivity contribution in [2.24, 2.45) is 10.1 Å². The van der Waals surface area contributed by atoms with Crippen LogP contribution in [0.3, 0.4) is 0 Å². The molecule has 6 heteroatoms. The van der Waals surface area contributed by atoms with Crippen molar-refractivity contribution < 1.29 is 9.53 Å². The van der Waals surface area contributed by atoms with Gasteiger partial charge in [0, 0.05) is 5.56 Å². The molecule has 0 fully saturated rings. The summed E-state index contributed by atoms with van der Waals surface area (Å²) in [6.07, 6.45) is 2.07. The van der Waals surface area contributed by atoms with Crippen LogP contribution in [0.1, 0.15) is 24.1 Å². The highest BCUT2D eigenvalue weighted by Crippen LogP contribution is 2.37. The fourth-order valence-electron chi connectivity index (χ4n) is 3.85. The maximum atomic E-state index is 12.9. The quantitative estimate of drug-likeness (QED) is 0.552. The first-order valence-corrected chi connectivity index (χ1v) is 10.6. The van der Waals surface area contributed by atoms with E-state index in [0.29, 0.717) is 5.96 Å². The molecular weight excluding hydrogens is 400 g/mol. The molecule has 158 valence electrons. The van der Waals surface area contributed by atoms with Gasteiger partial charge in [0.15, 0.2) is 0 Å². The second kappa shape index (κ2) is 8.51. The molecule has 32 heavy (non-hydrogen) atoms. The van der Waals surface area contributed by atoms with Gasteiger partial charge in [0.2, 0.25) is 11.8 Å². The molecule has 3 aromatic carbocycles. The number of aliphatic imine (C=N–C) groups is 1. The molecule has 0 saturated heterocycles. The van der Waals surface area contributed by atoms with E-state index in [1.165, 1.54) is 0 Å². The molecule has 0 aromatic heterocycles. The van der Waals surface area contributed by atoms with Crippen LogP contribution in [0.25, 0.3) is 5.70 Å². The van der Waals surface area contributed by atoms with Crippen LogP contribution in [0, 0.1) is 0 Å². The third-order valence-corrected chi connectivity index (χ3v) is 5.31. The molecule has 0 saturated carbocycles. The standard InChI is InChI=1S/C26H22N4O2/c1-2-32-25(31)24-28-30(21-16-10-5-11-17-21)26-27-22(19-12-6-3-7-13-19)18-23(29(24)26)20-14-8-4-9-15-20/h3-18,23H,2H2,1H3/t23-/m0/s1. The first-order chi connectivity index (χ1) is 15.8. The third-order valence-electron chi connectivity index (χ3n) is 5.31. The summed E-state index contributed by atoms with van der Waals surface area (Å²) in [5.74, 6) is 0.303. The lowest BCUT2D eigenvalue weighted by Gasteiger charge is -2.32. The summed E-state index contributed by atoms with van der Waals surface area (Å²) in [4.78, 5) is 19.7. The monoisotopic (exact) mass is 422 g/mol. The van der Waals surface area contributed by atoms with Crippen LogP contribution < -0.4 is 5.01 Å². The van der Waals surface area contributed by atoms with Crippen molar-refractivity contribution in [2.75, 3.05) is 11.6 Å². The Morgan fingerprint density at radius 3 is 2.19 bits per heavy atom. The van der Waals surface area contributed by atoms with Crippen molar-refractivity contribution in [3.05, 3.63) is 108 Å². The van der Waals surface area contributed by atoms with Gasteiger partial charge in [-0.25, -0.2) is 9.79 Å². The highest BCUT2D eigenvalue weighted by Gasteiger charge is 2.43. The van der Waals surface area contributed by atoms with Crippen molar-refractivity contribution in [3.8, 4) is 0 Å². The minimum atomic E-state index is -0.476. The van der Waals surface area contributed by atoms with Crippen LogP contribution in [-0.4, -0.2) is 29.3 Å². The number of hydrogen-bond acceptors (Lipinski definition) is 6. The van der Waals surface area contributed by atoms with Gasteiger partial charge in [0.25, 0.3) is 0 Å². The number of anilines is 1. The zero-order valence-corrected chi connectivity index (χ0v) is 17.6. The SMILES string of the molecule is CCOC(=O)C1=NN(c2ccccc2)C2=NC(c3ccccc3)=C[C@@H](c3ccccc3)N12. The molecule has 0 radical (unpaired) electrons. The van der Waals surface area contributed by atoms with Gasteiger partial charge in [0.05, 0.1) is 24.0 Å². The van der Waals surface area contributed by atoms with Gasteiger partial charge in [-0.1, -0.05) is 78.9 Å². The van der Waals surface area contributed by atoms with Crippen LogP contribution in [-0.2, 0) is 9.53 Å². The molecule has 2 aliphatic rings. The van der Waals surface area contributed by atoms with Crippen molar-refractivity contribution in [1.82, 2.24) is 4.90 Å². The van der Waals surface area contributed by atoms with Crippen LogP contribution in [0.15, 0.2) is 107 Å². The summed E-state index contributed by atoms with van der Waals surface area (Å²) in [6.45, 7) is 2.06. The van der Waals surface area contributed by atoms with Crippen LogP contribution in [0.2, 0.25) is 0 Å². The molecule has 0 amide bonds. The number of ether oxygens (including phenoxy) is 1. The lowest BCUT2D eigenvalue weighted by Crippen LogP contribution is -2.44. The average Bonchev–Trinajstić information content (AvgIpc) is 3.25. The van der Waals surface area contributed by atoms with Gasteiger partial charge in [-0.15, -0.1) is 5.10 Å². The Morgan fingerprint density at radius 1 is 0.906 bits per heavy atom. The van der Waals surface area contributed by atoms with Gasteiger partial charge in [0.1, 0.15) is 0 Å². The number of nitrogens with zero attached hydrogens (tertiary/aromatic N) is 4. The molecule has 1 atom stereocenters. The van der Waals surface area contributed by atoms with Gasteiger partial charge in [-0.05, 0) is 30.7 Å². The Balaban J connectivity index is 1.68. The molecule has 0 unspecified atom stereocenters. The zero-order valence-electron chi connectivity index (χ0n) is 17.6. The topological polar surface area (TPSA) is 57.5 Å². The number of para-hydroxylation sites is 1. The Kier molecular flexibility index (Phi) is 5.25. The number of benzene rings is 3. The van der Waals surface area contributed by atoms with E-state index in [-0.39, 0.29) is 18.5 Å². The Bertz CT molecular complexity index is 1200. The summed E-state index contributed by atoms with van der Waals surface area (Å²) in [6, 6.07) is 29.5. The first kappa shape index (κ1) is 19.8. The molecular formula is C26H22N4O2. The van der Waals surface area contributed by atoms with Gasteiger partial charge < -0.3 is 4.74 Å². The molecule has 0 spiro atoms. The predicted molar refractivity (Wildman–Crippen MR) is 126 cm³/mol. The molecule has 0 bridgehead atoms. The summed E-state index contributed by atoms with van der Waals surface area (Å²) in [7, 11) is 0.